The molecule has 2 atom stereocenters. The Hall–Kier alpha value is -2.08. The van der Waals surface area contributed by atoms with E-state index in [1.54, 1.807) is 20.3 Å². The number of likely N-dealkylation sites (tertiary alicyclic amines) is 1. The second kappa shape index (κ2) is 8.85. The minimum Gasteiger partial charge on any atom is -0.497 e. The molecule has 2 saturated heterocycles. The Morgan fingerprint density at radius 3 is 2.00 bits per heavy atom. The molecule has 0 aromatic heterocycles. The third-order valence-corrected chi connectivity index (χ3v) is 4.55. The van der Waals surface area contributed by atoms with Crippen LogP contribution < -0.4 is 14.8 Å². The highest BCUT2D eigenvalue weighted by Gasteiger charge is 2.42. The molecule has 6 nitrogen and oxygen atoms in total. The first-order valence-corrected chi connectivity index (χ1v) is 8.95. The molecular weight excluding hydrogens is 320 g/mol. The van der Waals surface area contributed by atoms with Crippen molar-refractivity contribution in [3.05, 3.63) is 23.8 Å². The third-order valence-electron chi connectivity index (χ3n) is 4.55. The van der Waals surface area contributed by atoms with Crippen molar-refractivity contribution < 1.29 is 19.1 Å². The average Bonchev–Trinajstić information content (AvgIpc) is 2.68. The number of rotatable bonds is 5. The maximum atomic E-state index is 12.4. The number of hydrogen-bond acceptors (Lipinski definition) is 5. The largest absolute Gasteiger partial charge is 0.497 e. The maximum absolute atomic E-state index is 12.4. The van der Waals surface area contributed by atoms with Gasteiger partial charge in [-0.3, -0.25) is 19.8 Å². The molecular formula is C19H28N2O4. The van der Waals surface area contributed by atoms with E-state index >= 15 is 0 Å². The Balaban J connectivity index is 0.00000109. The number of piperidine rings is 1. The Kier molecular flexibility index (Phi) is 6.82. The monoisotopic (exact) mass is 348 g/mol. The Morgan fingerprint density at radius 2 is 1.52 bits per heavy atom. The SMILES string of the molecule is CC.COc1cc(CCN2C(=O)C3CCCC(N3)C2=O)cc(OC)c1. The molecule has 25 heavy (non-hydrogen) atoms. The Labute approximate surface area is 149 Å². The minimum absolute atomic E-state index is 0.0965. The summed E-state index contributed by atoms with van der Waals surface area (Å²) in [5.41, 5.74) is 0.977. The fraction of sp³-hybridized carbons (Fsp3) is 0.579. The summed E-state index contributed by atoms with van der Waals surface area (Å²) < 4.78 is 10.5. The van der Waals surface area contributed by atoms with Crippen LogP contribution >= 0.6 is 0 Å². The molecule has 2 heterocycles. The minimum atomic E-state index is -0.203. The summed E-state index contributed by atoms with van der Waals surface area (Å²) in [5, 5.41) is 3.14. The predicted molar refractivity (Wildman–Crippen MR) is 95.9 cm³/mol. The van der Waals surface area contributed by atoms with Gasteiger partial charge in [-0.25, -0.2) is 0 Å². The highest BCUT2D eigenvalue weighted by atomic mass is 16.5. The van der Waals surface area contributed by atoms with Crippen LogP contribution in [0.5, 0.6) is 11.5 Å². The smallest absolute Gasteiger partial charge is 0.246 e. The molecule has 2 aliphatic rings. The van der Waals surface area contributed by atoms with Gasteiger partial charge in [0.05, 0.1) is 26.3 Å². The van der Waals surface area contributed by atoms with Gasteiger partial charge < -0.3 is 9.47 Å². The first kappa shape index (κ1) is 19.2. The molecule has 138 valence electrons. The van der Waals surface area contributed by atoms with Crippen molar-refractivity contribution in [2.75, 3.05) is 20.8 Å². The molecule has 2 unspecified atom stereocenters. The normalized spacial score (nSPS) is 22.2. The second-order valence-corrected chi connectivity index (χ2v) is 6.00. The summed E-state index contributed by atoms with van der Waals surface area (Å²) >= 11 is 0. The number of hydrogen-bond donors (Lipinski definition) is 1. The molecule has 1 aromatic carbocycles. The van der Waals surface area contributed by atoms with Gasteiger partial charge >= 0.3 is 0 Å². The number of carbonyl (C=O) groups excluding carboxylic acids is 2. The first-order chi connectivity index (χ1) is 12.1. The Morgan fingerprint density at radius 1 is 1.00 bits per heavy atom. The lowest BCUT2D eigenvalue weighted by molar-refractivity contribution is -0.153. The van der Waals surface area contributed by atoms with Crippen molar-refractivity contribution in [1.29, 1.82) is 0 Å². The number of piperazine rings is 1. The van der Waals surface area contributed by atoms with Crippen LogP contribution in [0.25, 0.3) is 0 Å². The molecule has 2 fully saturated rings. The number of imide groups is 1. The van der Waals surface area contributed by atoms with E-state index in [0.717, 1.165) is 24.8 Å². The van der Waals surface area contributed by atoms with Crippen molar-refractivity contribution in [2.24, 2.45) is 0 Å². The zero-order chi connectivity index (χ0) is 18.4. The fourth-order valence-corrected chi connectivity index (χ4v) is 3.28. The van der Waals surface area contributed by atoms with Crippen molar-refractivity contribution >= 4 is 11.8 Å². The number of benzene rings is 1. The molecule has 0 aliphatic carbocycles. The van der Waals surface area contributed by atoms with Crippen LogP contribution in [0.15, 0.2) is 18.2 Å². The molecule has 2 aliphatic heterocycles. The van der Waals surface area contributed by atoms with Crippen LogP contribution in [0.4, 0.5) is 0 Å². The van der Waals surface area contributed by atoms with Gasteiger partial charge in [0.15, 0.2) is 0 Å². The lowest BCUT2D eigenvalue weighted by Gasteiger charge is -2.40. The molecule has 2 amide bonds. The highest BCUT2D eigenvalue weighted by Crippen LogP contribution is 2.25. The molecule has 1 N–H and O–H groups in total. The molecule has 3 rings (SSSR count). The first-order valence-electron chi connectivity index (χ1n) is 8.95. The van der Waals surface area contributed by atoms with Crippen LogP contribution in [0.3, 0.4) is 0 Å². The quantitative estimate of drug-likeness (QED) is 0.826. The molecule has 0 spiro atoms. The second-order valence-electron chi connectivity index (χ2n) is 6.00. The average molecular weight is 348 g/mol. The van der Waals surface area contributed by atoms with Crippen LogP contribution in [0.1, 0.15) is 38.7 Å². The predicted octanol–water partition coefficient (Wildman–Crippen LogP) is 2.15. The van der Waals surface area contributed by atoms with Gasteiger partial charge in [0.1, 0.15) is 11.5 Å². The lowest BCUT2D eigenvalue weighted by Crippen LogP contribution is -2.65. The van der Waals surface area contributed by atoms with Gasteiger partial charge in [-0.05, 0) is 43.4 Å². The summed E-state index contributed by atoms with van der Waals surface area (Å²) in [6.07, 6.45) is 3.14. The number of fused-ring (bicyclic) bond motifs is 2. The van der Waals surface area contributed by atoms with Crippen LogP contribution in [0, 0.1) is 0 Å². The third kappa shape index (κ3) is 4.31. The topological polar surface area (TPSA) is 67.9 Å². The van der Waals surface area contributed by atoms with Gasteiger partial charge in [0.2, 0.25) is 11.8 Å². The van der Waals surface area contributed by atoms with Crippen molar-refractivity contribution in [3.63, 3.8) is 0 Å². The number of carbonyl (C=O) groups is 2. The zero-order valence-electron chi connectivity index (χ0n) is 15.5. The van der Waals surface area contributed by atoms with Crippen molar-refractivity contribution in [2.45, 2.75) is 51.6 Å². The summed E-state index contributed by atoms with van der Waals surface area (Å²) in [4.78, 5) is 26.2. The van der Waals surface area contributed by atoms with Crippen molar-refractivity contribution in [1.82, 2.24) is 10.2 Å². The molecule has 2 bridgehead atoms. The van der Waals surface area contributed by atoms with Gasteiger partial charge in [-0.2, -0.15) is 0 Å². The number of nitrogens with zero attached hydrogens (tertiary/aromatic N) is 1. The molecule has 0 saturated carbocycles. The molecule has 1 aromatic rings. The van der Waals surface area contributed by atoms with E-state index in [1.807, 2.05) is 26.0 Å². The van der Waals surface area contributed by atoms with E-state index in [9.17, 15) is 9.59 Å². The number of methoxy groups -OCH3 is 2. The van der Waals surface area contributed by atoms with Crippen molar-refractivity contribution in [3.8, 4) is 11.5 Å². The van der Waals surface area contributed by atoms with E-state index in [0.29, 0.717) is 24.5 Å². The highest BCUT2D eigenvalue weighted by molar-refractivity contribution is 6.03. The van der Waals surface area contributed by atoms with E-state index in [2.05, 4.69) is 5.32 Å². The van der Waals surface area contributed by atoms with E-state index in [-0.39, 0.29) is 23.9 Å². The van der Waals surface area contributed by atoms with E-state index in [4.69, 9.17) is 9.47 Å². The number of amides is 2. The van der Waals surface area contributed by atoms with E-state index < -0.39 is 0 Å². The van der Waals surface area contributed by atoms with Gasteiger partial charge in [-0.1, -0.05) is 13.8 Å². The molecule has 0 radical (unpaired) electrons. The molecule has 6 heteroatoms. The van der Waals surface area contributed by atoms with Gasteiger partial charge in [0, 0.05) is 12.6 Å². The summed E-state index contributed by atoms with van der Waals surface area (Å²) in [7, 11) is 3.20. The summed E-state index contributed by atoms with van der Waals surface area (Å²) in [5.74, 6) is 1.21. The lowest BCUT2D eigenvalue weighted by atomic mass is 9.92. The van der Waals surface area contributed by atoms with Gasteiger partial charge in [0.25, 0.3) is 0 Å². The van der Waals surface area contributed by atoms with Crippen LogP contribution in [-0.4, -0.2) is 49.6 Å². The number of ether oxygens (including phenoxy) is 2. The maximum Gasteiger partial charge on any atom is 0.246 e. The summed E-state index contributed by atoms with van der Waals surface area (Å²) in [6, 6.07) is 5.20. The standard InChI is InChI=1S/C17H22N2O4.C2H6/c1-22-12-8-11(9-13(10-12)23-2)6-7-19-16(20)14-4-3-5-15(18-14)17(19)21;1-2/h8-10,14-15,18H,3-7H2,1-2H3;1-2H3. The fourth-order valence-electron chi connectivity index (χ4n) is 3.28. The summed E-state index contributed by atoms with van der Waals surface area (Å²) in [6.45, 7) is 4.39. The number of nitrogens with one attached hydrogen (secondary N) is 1. The van der Waals surface area contributed by atoms with Crippen LogP contribution in [-0.2, 0) is 16.0 Å². The van der Waals surface area contributed by atoms with Gasteiger partial charge in [-0.15, -0.1) is 0 Å². The van der Waals surface area contributed by atoms with E-state index in [1.165, 1.54) is 4.90 Å². The zero-order valence-corrected chi connectivity index (χ0v) is 15.5. The Bertz CT molecular complexity index is 573. The van der Waals surface area contributed by atoms with Crippen LogP contribution in [0.2, 0.25) is 0 Å².